The summed E-state index contributed by atoms with van der Waals surface area (Å²) < 4.78 is 7.73. The van der Waals surface area contributed by atoms with E-state index in [-0.39, 0.29) is 5.69 Å². The zero-order valence-electron chi connectivity index (χ0n) is 15.0. The Kier molecular flexibility index (Phi) is 4.62. The van der Waals surface area contributed by atoms with Crippen LogP contribution in [-0.2, 0) is 0 Å². The Labute approximate surface area is 165 Å². The van der Waals surface area contributed by atoms with Gasteiger partial charge in [-0.3, -0.25) is 14.5 Å². The Morgan fingerprint density at radius 3 is 2.46 bits per heavy atom. The van der Waals surface area contributed by atoms with E-state index in [9.17, 15) is 10.1 Å². The van der Waals surface area contributed by atoms with Crippen molar-refractivity contribution in [3.8, 4) is 28.1 Å². The maximum atomic E-state index is 10.9. The van der Waals surface area contributed by atoms with Gasteiger partial charge in [0.05, 0.1) is 17.2 Å². The Hall–Kier alpha value is -3.52. The first-order chi connectivity index (χ1) is 13.6. The number of aromatic amines is 1. The standard InChI is InChI=1S/C20H16N4O3S/c1-2-27-16-9-5-13(6-10-16)17-11-21-20(28)23-12-18(22-19(17)23)14-3-7-15(8-4-14)24(25)26/h3-12,22H,2H2,1H3. The normalized spacial score (nSPS) is 10.9. The number of benzene rings is 2. The molecule has 0 radical (unpaired) electrons. The number of nitrogens with one attached hydrogen (secondary N) is 1. The largest absolute Gasteiger partial charge is 0.494 e. The summed E-state index contributed by atoms with van der Waals surface area (Å²) in [4.78, 5) is 18.1. The van der Waals surface area contributed by atoms with Gasteiger partial charge in [0, 0.05) is 30.1 Å². The molecule has 0 fully saturated rings. The molecule has 140 valence electrons. The van der Waals surface area contributed by atoms with Crippen molar-refractivity contribution in [1.82, 2.24) is 14.4 Å². The average molecular weight is 392 g/mol. The van der Waals surface area contributed by atoms with Crippen molar-refractivity contribution in [2.45, 2.75) is 6.92 Å². The molecule has 0 saturated carbocycles. The maximum absolute atomic E-state index is 10.9. The van der Waals surface area contributed by atoms with Crippen molar-refractivity contribution >= 4 is 23.6 Å². The van der Waals surface area contributed by atoms with Crippen LogP contribution in [0.25, 0.3) is 28.0 Å². The van der Waals surface area contributed by atoms with Crippen LogP contribution in [0.4, 0.5) is 5.69 Å². The van der Waals surface area contributed by atoms with Crippen molar-refractivity contribution < 1.29 is 9.66 Å². The van der Waals surface area contributed by atoms with Gasteiger partial charge < -0.3 is 9.72 Å². The predicted molar refractivity (Wildman–Crippen MR) is 109 cm³/mol. The number of imidazole rings is 1. The van der Waals surface area contributed by atoms with Gasteiger partial charge in [0.25, 0.3) is 5.69 Å². The van der Waals surface area contributed by atoms with Crippen LogP contribution in [0.3, 0.4) is 0 Å². The van der Waals surface area contributed by atoms with E-state index in [4.69, 9.17) is 17.0 Å². The highest BCUT2D eigenvalue weighted by molar-refractivity contribution is 7.71. The molecule has 8 heteroatoms. The predicted octanol–water partition coefficient (Wildman–Crippen LogP) is 5.03. The topological polar surface area (TPSA) is 85.5 Å². The molecule has 0 aliphatic carbocycles. The van der Waals surface area contributed by atoms with Crippen LogP contribution in [0, 0.1) is 14.9 Å². The van der Waals surface area contributed by atoms with Crippen molar-refractivity contribution in [3.05, 3.63) is 75.8 Å². The first kappa shape index (κ1) is 17.9. The van der Waals surface area contributed by atoms with Crippen molar-refractivity contribution in [1.29, 1.82) is 0 Å². The van der Waals surface area contributed by atoms with E-state index >= 15 is 0 Å². The van der Waals surface area contributed by atoms with E-state index in [1.54, 1.807) is 22.7 Å². The van der Waals surface area contributed by atoms with Crippen LogP contribution in [0.5, 0.6) is 5.75 Å². The highest BCUT2D eigenvalue weighted by atomic mass is 32.1. The summed E-state index contributed by atoms with van der Waals surface area (Å²) in [6.45, 7) is 2.56. The Bertz CT molecular complexity index is 1210. The fourth-order valence-electron chi connectivity index (χ4n) is 3.02. The SMILES string of the molecule is CCOc1ccc(-c2cnc(=S)n3cc(-c4ccc([N+](=O)[O-])cc4)[nH]c23)cc1. The van der Waals surface area contributed by atoms with Gasteiger partial charge in [0.15, 0.2) is 0 Å². The van der Waals surface area contributed by atoms with Crippen molar-refractivity contribution in [2.75, 3.05) is 6.61 Å². The van der Waals surface area contributed by atoms with E-state index in [1.807, 2.05) is 37.4 Å². The molecule has 0 bridgehead atoms. The zero-order chi connectivity index (χ0) is 19.7. The summed E-state index contributed by atoms with van der Waals surface area (Å²) in [6, 6.07) is 14.1. The molecule has 0 aliphatic heterocycles. The number of non-ortho nitro benzene ring substituents is 1. The molecule has 0 saturated heterocycles. The fraction of sp³-hybridized carbons (Fsp3) is 0.100. The molecule has 7 nitrogen and oxygen atoms in total. The van der Waals surface area contributed by atoms with E-state index in [0.717, 1.165) is 33.8 Å². The minimum atomic E-state index is -0.418. The smallest absolute Gasteiger partial charge is 0.269 e. The lowest BCUT2D eigenvalue weighted by atomic mass is 10.1. The van der Waals surface area contributed by atoms with Gasteiger partial charge in [-0.05, 0) is 54.5 Å². The van der Waals surface area contributed by atoms with Crippen molar-refractivity contribution in [2.24, 2.45) is 0 Å². The highest BCUT2D eigenvalue weighted by Crippen LogP contribution is 2.29. The molecule has 0 atom stereocenters. The number of hydrogen-bond donors (Lipinski definition) is 1. The lowest BCUT2D eigenvalue weighted by Crippen LogP contribution is -1.93. The second kappa shape index (κ2) is 7.24. The molecule has 4 rings (SSSR count). The molecule has 4 aromatic rings. The molecule has 2 aromatic carbocycles. The number of ether oxygens (including phenoxy) is 1. The lowest BCUT2D eigenvalue weighted by molar-refractivity contribution is -0.384. The zero-order valence-corrected chi connectivity index (χ0v) is 15.8. The Morgan fingerprint density at radius 1 is 1.14 bits per heavy atom. The van der Waals surface area contributed by atoms with Crippen LogP contribution < -0.4 is 4.74 Å². The second-order valence-electron chi connectivity index (χ2n) is 6.10. The number of nitrogens with zero attached hydrogens (tertiary/aromatic N) is 3. The number of rotatable bonds is 5. The van der Waals surface area contributed by atoms with Gasteiger partial charge in [-0.25, -0.2) is 4.98 Å². The van der Waals surface area contributed by atoms with Gasteiger partial charge >= 0.3 is 0 Å². The van der Waals surface area contributed by atoms with Gasteiger partial charge in [0.2, 0.25) is 4.77 Å². The number of nitro benzene ring substituents is 1. The monoisotopic (exact) mass is 392 g/mol. The second-order valence-corrected chi connectivity index (χ2v) is 6.47. The van der Waals surface area contributed by atoms with Crippen molar-refractivity contribution in [3.63, 3.8) is 0 Å². The highest BCUT2D eigenvalue weighted by Gasteiger charge is 2.12. The van der Waals surface area contributed by atoms with Gasteiger partial charge in [0.1, 0.15) is 11.4 Å². The van der Waals surface area contributed by atoms with E-state index in [0.29, 0.717) is 11.4 Å². The van der Waals surface area contributed by atoms with Gasteiger partial charge in [-0.1, -0.05) is 12.1 Å². The molecular weight excluding hydrogens is 376 g/mol. The Balaban J connectivity index is 1.80. The molecule has 0 spiro atoms. The number of nitro groups is 1. The molecule has 28 heavy (non-hydrogen) atoms. The number of aromatic nitrogens is 3. The minimum absolute atomic E-state index is 0.0493. The van der Waals surface area contributed by atoms with Crippen LogP contribution in [0.2, 0.25) is 0 Å². The fourth-order valence-corrected chi connectivity index (χ4v) is 3.22. The molecule has 2 aromatic heterocycles. The first-order valence-corrected chi connectivity index (χ1v) is 9.06. The summed E-state index contributed by atoms with van der Waals surface area (Å²) >= 11 is 5.36. The van der Waals surface area contributed by atoms with Gasteiger partial charge in [-0.2, -0.15) is 0 Å². The number of fused-ring (bicyclic) bond motifs is 1. The number of H-pyrrole nitrogens is 1. The van der Waals surface area contributed by atoms with E-state index in [1.165, 1.54) is 12.1 Å². The summed E-state index contributed by atoms with van der Waals surface area (Å²) in [5.74, 6) is 0.807. The first-order valence-electron chi connectivity index (χ1n) is 8.65. The minimum Gasteiger partial charge on any atom is -0.494 e. The number of hydrogen-bond acceptors (Lipinski definition) is 5. The molecule has 0 aliphatic rings. The van der Waals surface area contributed by atoms with E-state index < -0.39 is 4.92 Å². The lowest BCUT2D eigenvalue weighted by Gasteiger charge is -2.06. The molecule has 0 unspecified atom stereocenters. The Morgan fingerprint density at radius 2 is 1.82 bits per heavy atom. The van der Waals surface area contributed by atoms with Gasteiger partial charge in [-0.15, -0.1) is 0 Å². The summed E-state index contributed by atoms with van der Waals surface area (Å²) in [5, 5.41) is 10.9. The summed E-state index contributed by atoms with van der Waals surface area (Å²) in [7, 11) is 0. The van der Waals surface area contributed by atoms with Crippen LogP contribution in [-0.4, -0.2) is 25.9 Å². The molecule has 0 amide bonds. The third-order valence-corrected chi connectivity index (χ3v) is 4.69. The average Bonchev–Trinajstić information content (AvgIpc) is 3.16. The van der Waals surface area contributed by atoms with Crippen LogP contribution in [0.1, 0.15) is 6.92 Å². The maximum Gasteiger partial charge on any atom is 0.269 e. The quantitative estimate of drug-likeness (QED) is 0.292. The third-order valence-electron chi connectivity index (χ3n) is 4.38. The third kappa shape index (κ3) is 3.25. The summed E-state index contributed by atoms with van der Waals surface area (Å²) in [5.41, 5.74) is 4.33. The van der Waals surface area contributed by atoms with Crippen LogP contribution in [0.15, 0.2) is 60.9 Å². The summed E-state index contributed by atoms with van der Waals surface area (Å²) in [6.07, 6.45) is 3.59. The van der Waals surface area contributed by atoms with Crippen LogP contribution >= 0.6 is 12.2 Å². The molecular formula is C20H16N4O3S. The molecule has 1 N–H and O–H groups in total. The van der Waals surface area contributed by atoms with E-state index in [2.05, 4.69) is 9.97 Å². The molecule has 2 heterocycles.